The number of benzene rings is 2. The van der Waals surface area contributed by atoms with Crippen molar-refractivity contribution in [2.75, 3.05) is 45.0 Å². The topological polar surface area (TPSA) is 128 Å². The highest BCUT2D eigenvalue weighted by Crippen LogP contribution is 2.35. The van der Waals surface area contributed by atoms with Crippen LogP contribution in [0.2, 0.25) is 5.02 Å². The number of fused-ring (bicyclic) bond motifs is 1. The molecular weight excluding hydrogens is 602 g/mol. The number of amides is 2. The van der Waals surface area contributed by atoms with Crippen LogP contribution >= 0.6 is 11.6 Å². The van der Waals surface area contributed by atoms with Crippen LogP contribution in [0.5, 0.6) is 0 Å². The Morgan fingerprint density at radius 3 is 2.43 bits per heavy atom. The van der Waals surface area contributed by atoms with Crippen molar-refractivity contribution in [2.45, 2.75) is 82.8 Å². The lowest BCUT2D eigenvalue weighted by molar-refractivity contribution is -0.138. The number of rotatable bonds is 9. The number of hydrogen-bond donors (Lipinski definition) is 4. The Hall–Kier alpha value is -3.34. The van der Waals surface area contributed by atoms with Crippen LogP contribution in [-0.2, 0) is 16.0 Å². The van der Waals surface area contributed by atoms with Gasteiger partial charge in [-0.05, 0) is 87.1 Å². The third kappa shape index (κ3) is 7.45. The third-order valence-electron chi connectivity index (χ3n) is 10.5. The molecule has 3 aromatic rings. The number of piperazine rings is 1. The fraction of sp³-hybridized carbons (Fsp3) is 0.571. The number of halogens is 1. The summed E-state index contributed by atoms with van der Waals surface area (Å²) in [5.41, 5.74) is 10.2. The van der Waals surface area contributed by atoms with Gasteiger partial charge in [0.2, 0.25) is 11.8 Å². The summed E-state index contributed by atoms with van der Waals surface area (Å²) in [6, 6.07) is 11.6. The highest BCUT2D eigenvalue weighted by atomic mass is 35.5. The molecule has 0 bridgehead atoms. The van der Waals surface area contributed by atoms with Gasteiger partial charge in [0.1, 0.15) is 6.04 Å². The van der Waals surface area contributed by atoms with Crippen molar-refractivity contribution in [1.29, 1.82) is 0 Å². The number of aromatic amines is 1. The monoisotopic (exact) mass is 649 g/mol. The van der Waals surface area contributed by atoms with E-state index in [0.29, 0.717) is 48.6 Å². The van der Waals surface area contributed by atoms with Crippen molar-refractivity contribution in [1.82, 2.24) is 30.0 Å². The molecule has 248 valence electrons. The van der Waals surface area contributed by atoms with Crippen LogP contribution in [-0.4, -0.2) is 82.5 Å². The smallest absolute Gasteiger partial charge is 0.326 e. The highest BCUT2D eigenvalue weighted by Gasteiger charge is 2.32. The summed E-state index contributed by atoms with van der Waals surface area (Å²) in [5, 5.41) is 7.00. The zero-order chi connectivity index (χ0) is 32.2. The summed E-state index contributed by atoms with van der Waals surface area (Å²) in [6.45, 7) is 7.44. The lowest BCUT2D eigenvalue weighted by Gasteiger charge is -2.41. The number of nitrogens with two attached hydrogens (primary N) is 1. The fourth-order valence-corrected chi connectivity index (χ4v) is 8.12. The van der Waals surface area contributed by atoms with Gasteiger partial charge in [-0.2, -0.15) is 0 Å². The van der Waals surface area contributed by atoms with Gasteiger partial charge in [-0.3, -0.25) is 19.1 Å². The Balaban J connectivity index is 1.05. The molecule has 1 atom stereocenters. The Kier molecular flexibility index (Phi) is 10.4. The normalized spacial score (nSPS) is 22.2. The molecule has 3 heterocycles. The van der Waals surface area contributed by atoms with E-state index in [0.717, 1.165) is 93.3 Å². The molecule has 0 spiro atoms. The molecule has 46 heavy (non-hydrogen) atoms. The first-order valence-corrected chi connectivity index (χ1v) is 17.4. The molecule has 10 nitrogen and oxygen atoms in total. The van der Waals surface area contributed by atoms with Gasteiger partial charge in [0.15, 0.2) is 0 Å². The SMILES string of the molecule is Cc1cc(C[C@@H](NC(=O)CCC2CCC(n3c(=O)[nH]c4ccccc43)CC2)C(=O)N2CCC(N3CCNCC3)CC2)cc(Cl)c1N. The minimum Gasteiger partial charge on any atom is -0.397 e. The molecule has 6 rings (SSSR count). The predicted molar refractivity (Wildman–Crippen MR) is 183 cm³/mol. The maximum absolute atomic E-state index is 13.9. The Morgan fingerprint density at radius 1 is 1.00 bits per heavy atom. The molecule has 2 aliphatic heterocycles. The summed E-state index contributed by atoms with van der Waals surface area (Å²) in [6.07, 6.45) is 7.18. The van der Waals surface area contributed by atoms with Crippen molar-refractivity contribution in [3.8, 4) is 0 Å². The minimum absolute atomic E-state index is 0.0256. The van der Waals surface area contributed by atoms with E-state index in [1.54, 1.807) is 0 Å². The maximum Gasteiger partial charge on any atom is 0.326 e. The van der Waals surface area contributed by atoms with E-state index in [1.165, 1.54) is 0 Å². The van der Waals surface area contributed by atoms with Gasteiger partial charge in [-0.1, -0.05) is 29.8 Å². The summed E-state index contributed by atoms with van der Waals surface area (Å²) in [7, 11) is 0. The second-order valence-electron chi connectivity index (χ2n) is 13.5. The number of H-pyrrole nitrogens is 1. The third-order valence-corrected chi connectivity index (χ3v) is 10.8. The lowest BCUT2D eigenvalue weighted by atomic mass is 9.83. The molecule has 1 aromatic heterocycles. The lowest BCUT2D eigenvalue weighted by Crippen LogP contribution is -2.55. The number of aromatic nitrogens is 2. The van der Waals surface area contributed by atoms with Crippen LogP contribution in [0.15, 0.2) is 41.2 Å². The molecule has 11 heteroatoms. The first-order valence-electron chi connectivity index (χ1n) is 17.0. The molecule has 3 aliphatic rings. The number of anilines is 1. The predicted octanol–water partition coefficient (Wildman–Crippen LogP) is 4.01. The van der Waals surface area contributed by atoms with Crippen LogP contribution in [0.1, 0.15) is 68.5 Å². The Labute approximate surface area is 276 Å². The second-order valence-corrected chi connectivity index (χ2v) is 13.9. The fourth-order valence-electron chi connectivity index (χ4n) is 7.83. The molecule has 5 N–H and O–H groups in total. The van der Waals surface area contributed by atoms with Crippen molar-refractivity contribution in [3.05, 3.63) is 63.0 Å². The molecule has 0 unspecified atom stereocenters. The van der Waals surface area contributed by atoms with Gasteiger partial charge in [-0.25, -0.2) is 4.79 Å². The van der Waals surface area contributed by atoms with Crippen LogP contribution in [0, 0.1) is 12.8 Å². The first kappa shape index (κ1) is 32.6. The Morgan fingerprint density at radius 2 is 1.72 bits per heavy atom. The van der Waals surface area contributed by atoms with Gasteiger partial charge >= 0.3 is 5.69 Å². The van der Waals surface area contributed by atoms with Gasteiger partial charge in [-0.15, -0.1) is 0 Å². The standard InChI is InChI=1S/C35H48ClN7O3/c1-23-20-25(21-28(36)33(23)37)22-30(34(45)42-16-12-26(13-17-42)41-18-14-38-15-19-41)39-32(44)11-8-24-6-9-27(10-7-24)43-31-5-3-2-4-29(31)40-35(43)46/h2-5,20-21,24,26-27,30,38H,6-19,22,37H2,1H3,(H,39,44)(H,40,46)/t24?,27?,30-/m1/s1. The minimum atomic E-state index is -0.660. The van der Waals surface area contributed by atoms with Crippen molar-refractivity contribution in [3.63, 3.8) is 0 Å². The number of aryl methyl sites for hydroxylation is 1. The quantitative estimate of drug-likeness (QED) is 0.260. The number of nitrogens with zero attached hydrogens (tertiary/aromatic N) is 3. The number of carbonyl (C=O) groups excluding carboxylic acids is 2. The van der Waals surface area contributed by atoms with Crippen molar-refractivity contribution >= 4 is 40.1 Å². The van der Waals surface area contributed by atoms with Crippen LogP contribution in [0.3, 0.4) is 0 Å². The van der Waals surface area contributed by atoms with Gasteiger partial charge in [0.25, 0.3) is 0 Å². The Bertz CT molecular complexity index is 1560. The number of nitrogen functional groups attached to an aromatic ring is 1. The van der Waals surface area contributed by atoms with E-state index in [2.05, 4.69) is 20.5 Å². The molecule has 0 radical (unpaired) electrons. The number of carbonyl (C=O) groups is 2. The van der Waals surface area contributed by atoms with Crippen molar-refractivity contribution < 1.29 is 9.59 Å². The summed E-state index contributed by atoms with van der Waals surface area (Å²) < 4.78 is 1.91. The zero-order valence-electron chi connectivity index (χ0n) is 26.9. The number of para-hydroxylation sites is 2. The summed E-state index contributed by atoms with van der Waals surface area (Å²) >= 11 is 6.40. The zero-order valence-corrected chi connectivity index (χ0v) is 27.7. The van der Waals surface area contributed by atoms with Crippen LogP contribution < -0.4 is 22.1 Å². The molecule has 2 saturated heterocycles. The van der Waals surface area contributed by atoms with Gasteiger partial charge < -0.3 is 26.3 Å². The number of hydrogen-bond acceptors (Lipinski definition) is 6. The molecule has 1 aliphatic carbocycles. The molecular formula is C35H48ClN7O3. The van der Waals surface area contributed by atoms with Gasteiger partial charge in [0, 0.05) is 64.2 Å². The van der Waals surface area contributed by atoms with E-state index in [9.17, 15) is 14.4 Å². The number of likely N-dealkylation sites (tertiary alicyclic amines) is 1. The van der Waals surface area contributed by atoms with E-state index in [1.807, 2.05) is 52.8 Å². The van der Waals surface area contributed by atoms with E-state index < -0.39 is 6.04 Å². The van der Waals surface area contributed by atoms with Crippen LogP contribution in [0.25, 0.3) is 11.0 Å². The summed E-state index contributed by atoms with van der Waals surface area (Å²) in [4.78, 5) is 47.4. The number of piperidine rings is 1. The average molecular weight is 650 g/mol. The summed E-state index contributed by atoms with van der Waals surface area (Å²) in [5.74, 6) is 0.296. The van der Waals surface area contributed by atoms with Crippen molar-refractivity contribution in [2.24, 2.45) is 5.92 Å². The van der Waals surface area contributed by atoms with Gasteiger partial charge in [0.05, 0.1) is 21.7 Å². The number of imidazole rings is 1. The largest absolute Gasteiger partial charge is 0.397 e. The average Bonchev–Trinajstić information content (AvgIpc) is 3.42. The van der Waals surface area contributed by atoms with Crippen LogP contribution in [0.4, 0.5) is 5.69 Å². The number of nitrogens with one attached hydrogen (secondary N) is 3. The molecule has 2 aromatic carbocycles. The van der Waals surface area contributed by atoms with E-state index >= 15 is 0 Å². The maximum atomic E-state index is 13.9. The molecule has 1 saturated carbocycles. The second kappa shape index (κ2) is 14.6. The molecule has 2 amide bonds. The highest BCUT2D eigenvalue weighted by molar-refractivity contribution is 6.33. The first-order chi connectivity index (χ1) is 22.3. The van der Waals surface area contributed by atoms with E-state index in [-0.39, 0.29) is 23.5 Å². The molecule has 3 fully saturated rings. The van der Waals surface area contributed by atoms with E-state index in [4.69, 9.17) is 17.3 Å².